The first-order valence-electron chi connectivity index (χ1n) is 7.63. The van der Waals surface area contributed by atoms with Gasteiger partial charge in [0.2, 0.25) is 0 Å². The van der Waals surface area contributed by atoms with E-state index in [1.54, 1.807) is 0 Å². The molecule has 2 aromatic carbocycles. The average molecular weight is 294 g/mol. The second-order valence-corrected chi connectivity index (χ2v) is 5.88. The lowest BCUT2D eigenvalue weighted by molar-refractivity contribution is 0.0985. The molecule has 0 fully saturated rings. The molecule has 22 heavy (non-hydrogen) atoms. The van der Waals surface area contributed by atoms with E-state index >= 15 is 0 Å². The van der Waals surface area contributed by atoms with Crippen molar-refractivity contribution < 1.29 is 9.53 Å². The average Bonchev–Trinajstić information content (AvgIpc) is 3.01. The highest BCUT2D eigenvalue weighted by atomic mass is 16.5. The van der Waals surface area contributed by atoms with Crippen LogP contribution < -0.4 is 10.6 Å². The lowest BCUT2D eigenvalue weighted by Gasteiger charge is -2.30. The van der Waals surface area contributed by atoms with Gasteiger partial charge in [-0.05, 0) is 53.8 Å². The molecule has 0 spiro atoms. The minimum Gasteiger partial charge on any atom is -0.398 e. The van der Waals surface area contributed by atoms with Crippen LogP contribution in [0.1, 0.15) is 33.5 Å². The normalized spacial score (nSPS) is 16.3. The van der Waals surface area contributed by atoms with Gasteiger partial charge < -0.3 is 15.4 Å². The van der Waals surface area contributed by atoms with Gasteiger partial charge in [-0.25, -0.2) is 0 Å². The zero-order chi connectivity index (χ0) is 15.1. The van der Waals surface area contributed by atoms with Crippen LogP contribution in [0.5, 0.6) is 0 Å². The second-order valence-electron chi connectivity index (χ2n) is 5.88. The highest BCUT2D eigenvalue weighted by molar-refractivity contribution is 6.07. The molecule has 0 saturated carbocycles. The van der Waals surface area contributed by atoms with E-state index in [1.165, 1.54) is 5.56 Å². The van der Waals surface area contributed by atoms with Crippen LogP contribution in [0.15, 0.2) is 36.4 Å². The number of carbonyl (C=O) groups is 1. The molecule has 2 aliphatic rings. The summed E-state index contributed by atoms with van der Waals surface area (Å²) in [6.45, 7) is 1.98. The summed E-state index contributed by atoms with van der Waals surface area (Å²) >= 11 is 0. The van der Waals surface area contributed by atoms with Crippen LogP contribution in [0.2, 0.25) is 0 Å². The Hall–Kier alpha value is -2.33. The van der Waals surface area contributed by atoms with Crippen LogP contribution in [-0.4, -0.2) is 12.5 Å². The van der Waals surface area contributed by atoms with Crippen molar-refractivity contribution in [1.29, 1.82) is 0 Å². The molecule has 0 saturated heterocycles. The van der Waals surface area contributed by atoms with Crippen molar-refractivity contribution in [2.24, 2.45) is 0 Å². The molecule has 2 aliphatic heterocycles. The van der Waals surface area contributed by atoms with E-state index in [-0.39, 0.29) is 5.91 Å². The fraction of sp³-hybridized carbons (Fsp3) is 0.278. The number of amides is 1. The Morgan fingerprint density at radius 3 is 2.91 bits per heavy atom. The van der Waals surface area contributed by atoms with Crippen LogP contribution in [-0.2, 0) is 24.4 Å². The SMILES string of the molecule is Nc1cccc2c1CCCN2C(=O)c1ccc2c(c1)COC2. The van der Waals surface area contributed by atoms with Gasteiger partial charge in [0.05, 0.1) is 13.2 Å². The highest BCUT2D eigenvalue weighted by Crippen LogP contribution is 2.32. The van der Waals surface area contributed by atoms with Gasteiger partial charge in [-0.1, -0.05) is 12.1 Å². The predicted molar refractivity (Wildman–Crippen MR) is 85.8 cm³/mol. The fourth-order valence-electron chi connectivity index (χ4n) is 3.32. The molecule has 2 heterocycles. The molecule has 0 unspecified atom stereocenters. The zero-order valence-corrected chi connectivity index (χ0v) is 12.3. The van der Waals surface area contributed by atoms with Crippen LogP contribution in [0.25, 0.3) is 0 Å². The Morgan fingerprint density at radius 2 is 2.00 bits per heavy atom. The van der Waals surface area contributed by atoms with Crippen molar-refractivity contribution in [2.75, 3.05) is 17.2 Å². The molecular formula is C18H18N2O2. The van der Waals surface area contributed by atoms with E-state index in [1.807, 2.05) is 41.3 Å². The topological polar surface area (TPSA) is 55.6 Å². The minimum absolute atomic E-state index is 0.0428. The molecule has 0 aliphatic carbocycles. The van der Waals surface area contributed by atoms with E-state index in [0.717, 1.165) is 47.5 Å². The van der Waals surface area contributed by atoms with E-state index < -0.39 is 0 Å². The predicted octanol–water partition coefficient (Wildman–Crippen LogP) is 2.89. The van der Waals surface area contributed by atoms with Crippen LogP contribution in [0, 0.1) is 0 Å². The van der Waals surface area contributed by atoms with Crippen LogP contribution in [0.3, 0.4) is 0 Å². The molecule has 0 aromatic heterocycles. The summed E-state index contributed by atoms with van der Waals surface area (Å²) in [6, 6.07) is 11.7. The van der Waals surface area contributed by atoms with E-state index in [9.17, 15) is 4.79 Å². The van der Waals surface area contributed by atoms with Crippen molar-refractivity contribution in [1.82, 2.24) is 0 Å². The molecule has 112 valence electrons. The number of fused-ring (bicyclic) bond motifs is 2. The maximum absolute atomic E-state index is 12.9. The fourth-order valence-corrected chi connectivity index (χ4v) is 3.32. The first-order chi connectivity index (χ1) is 10.7. The number of rotatable bonds is 1. The summed E-state index contributed by atoms with van der Waals surface area (Å²) in [7, 11) is 0. The number of hydrogen-bond donors (Lipinski definition) is 1. The first kappa shape index (κ1) is 13.3. The van der Waals surface area contributed by atoms with E-state index in [2.05, 4.69) is 0 Å². The van der Waals surface area contributed by atoms with Gasteiger partial charge in [-0.15, -0.1) is 0 Å². The Kier molecular flexibility index (Phi) is 3.12. The third kappa shape index (κ3) is 2.07. The molecule has 2 aromatic rings. The summed E-state index contributed by atoms with van der Waals surface area (Å²) in [5.74, 6) is 0.0428. The number of carbonyl (C=O) groups excluding carboxylic acids is 1. The highest BCUT2D eigenvalue weighted by Gasteiger charge is 2.25. The number of hydrogen-bond acceptors (Lipinski definition) is 3. The molecule has 0 bridgehead atoms. The van der Waals surface area contributed by atoms with E-state index in [0.29, 0.717) is 13.2 Å². The maximum atomic E-state index is 12.9. The van der Waals surface area contributed by atoms with Crippen molar-refractivity contribution in [3.05, 3.63) is 58.7 Å². The minimum atomic E-state index is 0.0428. The molecule has 2 N–H and O–H groups in total. The molecule has 0 radical (unpaired) electrons. The number of nitrogen functional groups attached to an aromatic ring is 1. The second kappa shape index (κ2) is 5.14. The van der Waals surface area contributed by atoms with Gasteiger partial charge in [0.25, 0.3) is 5.91 Å². The largest absolute Gasteiger partial charge is 0.398 e. The third-order valence-corrected chi connectivity index (χ3v) is 4.50. The Bertz CT molecular complexity index is 755. The number of anilines is 2. The smallest absolute Gasteiger partial charge is 0.258 e. The van der Waals surface area contributed by atoms with Gasteiger partial charge in [-0.3, -0.25) is 4.79 Å². The van der Waals surface area contributed by atoms with Gasteiger partial charge >= 0.3 is 0 Å². The van der Waals surface area contributed by atoms with Crippen molar-refractivity contribution in [3.63, 3.8) is 0 Å². The van der Waals surface area contributed by atoms with E-state index in [4.69, 9.17) is 10.5 Å². The lowest BCUT2D eigenvalue weighted by Crippen LogP contribution is -2.35. The molecule has 4 nitrogen and oxygen atoms in total. The molecule has 4 heteroatoms. The number of ether oxygens (including phenoxy) is 1. The number of nitrogens with zero attached hydrogens (tertiary/aromatic N) is 1. The summed E-state index contributed by atoms with van der Waals surface area (Å²) in [6.07, 6.45) is 1.88. The molecule has 4 rings (SSSR count). The van der Waals surface area contributed by atoms with Crippen molar-refractivity contribution in [2.45, 2.75) is 26.1 Å². The zero-order valence-electron chi connectivity index (χ0n) is 12.3. The van der Waals surface area contributed by atoms with Crippen molar-refractivity contribution >= 4 is 17.3 Å². The quantitative estimate of drug-likeness (QED) is 0.823. The monoisotopic (exact) mass is 294 g/mol. The molecule has 0 atom stereocenters. The van der Waals surface area contributed by atoms with Gasteiger partial charge in [0, 0.05) is 23.5 Å². The Morgan fingerprint density at radius 1 is 1.14 bits per heavy atom. The number of nitrogens with two attached hydrogens (primary N) is 1. The Balaban J connectivity index is 1.71. The molecular weight excluding hydrogens is 276 g/mol. The first-order valence-corrected chi connectivity index (χ1v) is 7.63. The Labute approximate surface area is 129 Å². The summed E-state index contributed by atoms with van der Waals surface area (Å²) in [5, 5.41) is 0. The lowest BCUT2D eigenvalue weighted by atomic mass is 9.98. The summed E-state index contributed by atoms with van der Waals surface area (Å²) in [4.78, 5) is 14.8. The molecule has 1 amide bonds. The van der Waals surface area contributed by atoms with Gasteiger partial charge in [0.15, 0.2) is 0 Å². The standard InChI is InChI=1S/C18H18N2O2/c19-16-4-1-5-17-15(16)3-2-8-20(17)18(21)12-6-7-13-10-22-11-14(13)9-12/h1,4-7,9H,2-3,8,10-11,19H2. The third-order valence-electron chi connectivity index (χ3n) is 4.50. The summed E-state index contributed by atoms with van der Waals surface area (Å²) in [5.41, 5.74) is 11.9. The van der Waals surface area contributed by atoms with Gasteiger partial charge in [0.1, 0.15) is 0 Å². The van der Waals surface area contributed by atoms with Crippen LogP contribution >= 0.6 is 0 Å². The van der Waals surface area contributed by atoms with Crippen LogP contribution in [0.4, 0.5) is 11.4 Å². The van der Waals surface area contributed by atoms with Gasteiger partial charge in [-0.2, -0.15) is 0 Å². The van der Waals surface area contributed by atoms with Crippen molar-refractivity contribution in [3.8, 4) is 0 Å². The summed E-state index contributed by atoms with van der Waals surface area (Å²) < 4.78 is 5.43. The maximum Gasteiger partial charge on any atom is 0.258 e. The number of benzene rings is 2.